The largest absolute Gasteiger partial charge is 0.482 e. The number of nitrogens with zero attached hydrogens (tertiary/aromatic N) is 1. The van der Waals surface area contributed by atoms with E-state index in [1.165, 1.54) is 24.1 Å². The number of carbonyl (C=O) groups is 3. The lowest BCUT2D eigenvalue weighted by atomic mass is 10.1. The number of esters is 1. The zero-order chi connectivity index (χ0) is 20.1. The van der Waals surface area contributed by atoms with Crippen molar-refractivity contribution in [3.05, 3.63) is 53.8 Å². The number of fused-ring (bicyclic) bond motifs is 1. The lowest BCUT2D eigenvalue weighted by Crippen LogP contribution is -2.38. The van der Waals surface area contributed by atoms with Crippen molar-refractivity contribution in [2.75, 3.05) is 23.9 Å². The fourth-order valence-corrected chi connectivity index (χ4v) is 2.77. The van der Waals surface area contributed by atoms with Crippen LogP contribution < -0.4 is 15.0 Å². The first-order valence-corrected chi connectivity index (χ1v) is 8.64. The molecule has 0 unspecified atom stereocenters. The Kier molecular flexibility index (Phi) is 5.88. The van der Waals surface area contributed by atoms with Crippen LogP contribution in [0.2, 0.25) is 0 Å². The highest BCUT2D eigenvalue weighted by Gasteiger charge is 2.26. The highest BCUT2D eigenvalue weighted by Crippen LogP contribution is 2.35. The summed E-state index contributed by atoms with van der Waals surface area (Å²) in [6.07, 6.45) is -0.0377. The number of ether oxygens (including phenoxy) is 2. The molecule has 0 spiro atoms. The summed E-state index contributed by atoms with van der Waals surface area (Å²) in [5.74, 6) is -0.904. The second-order valence-corrected chi connectivity index (χ2v) is 6.20. The smallest absolute Gasteiger partial charge is 0.306 e. The topological polar surface area (TPSA) is 84.9 Å². The van der Waals surface area contributed by atoms with E-state index in [2.05, 4.69) is 10.1 Å². The maximum atomic E-state index is 13.1. The summed E-state index contributed by atoms with van der Waals surface area (Å²) in [6.45, 7) is 0.147. The van der Waals surface area contributed by atoms with Gasteiger partial charge >= 0.3 is 5.97 Å². The molecular formula is C20H19FN2O5. The van der Waals surface area contributed by atoms with Crippen LogP contribution in [0.15, 0.2) is 42.5 Å². The van der Waals surface area contributed by atoms with Crippen LogP contribution >= 0.6 is 0 Å². The van der Waals surface area contributed by atoms with Crippen LogP contribution in [-0.2, 0) is 25.7 Å². The minimum absolute atomic E-state index is 0.0154. The number of benzene rings is 2. The lowest BCUT2D eigenvalue weighted by Gasteiger charge is -2.30. The zero-order valence-corrected chi connectivity index (χ0v) is 15.2. The molecule has 0 fully saturated rings. The van der Waals surface area contributed by atoms with Crippen LogP contribution in [-0.4, -0.2) is 31.5 Å². The molecule has 2 aromatic rings. The number of halogens is 1. The fraction of sp³-hybridized carbons (Fsp3) is 0.250. The Hall–Kier alpha value is -3.42. The van der Waals surface area contributed by atoms with E-state index in [4.69, 9.17) is 4.74 Å². The maximum Gasteiger partial charge on any atom is 0.306 e. The van der Waals surface area contributed by atoms with Crippen molar-refractivity contribution in [3.63, 3.8) is 0 Å². The summed E-state index contributed by atoms with van der Waals surface area (Å²) in [5.41, 5.74) is 1.73. The quantitative estimate of drug-likeness (QED) is 0.772. The van der Waals surface area contributed by atoms with Crippen molar-refractivity contribution in [2.24, 2.45) is 0 Å². The lowest BCUT2D eigenvalue weighted by molar-refractivity contribution is -0.141. The first kappa shape index (κ1) is 19.3. The molecule has 1 heterocycles. The monoisotopic (exact) mass is 386 g/mol. The number of carbonyl (C=O) groups excluding carboxylic acids is 3. The first-order valence-electron chi connectivity index (χ1n) is 8.64. The van der Waals surface area contributed by atoms with Gasteiger partial charge in [0, 0.05) is 12.1 Å². The molecule has 1 aliphatic rings. The van der Waals surface area contributed by atoms with Crippen LogP contribution in [0.1, 0.15) is 18.4 Å². The summed E-state index contributed by atoms with van der Waals surface area (Å²) < 4.78 is 23.1. The first-order chi connectivity index (χ1) is 13.5. The minimum Gasteiger partial charge on any atom is -0.482 e. The number of nitrogens with one attached hydrogen (secondary N) is 1. The second kappa shape index (κ2) is 8.51. The summed E-state index contributed by atoms with van der Waals surface area (Å²) in [5, 5.41) is 2.69. The minimum atomic E-state index is -0.468. The van der Waals surface area contributed by atoms with Gasteiger partial charge in [-0.15, -0.1) is 0 Å². The molecule has 0 atom stereocenters. The van der Waals surface area contributed by atoms with Crippen LogP contribution in [0.25, 0.3) is 0 Å². The Morgan fingerprint density at radius 2 is 1.93 bits per heavy atom. The molecule has 1 aliphatic heterocycles. The number of rotatable bonds is 6. The van der Waals surface area contributed by atoms with Crippen molar-refractivity contribution in [1.82, 2.24) is 0 Å². The van der Waals surface area contributed by atoms with Crippen molar-refractivity contribution in [2.45, 2.75) is 19.4 Å². The molecule has 0 saturated carbocycles. The normalized spacial score (nSPS) is 12.8. The Morgan fingerprint density at radius 1 is 1.18 bits per heavy atom. The predicted octanol–water partition coefficient (Wildman–Crippen LogP) is 2.64. The SMILES string of the molecule is COC(=O)CCC(=O)Nc1ccc2c(c1)N(Cc1ccc(F)cc1)C(=O)CO2. The van der Waals surface area contributed by atoms with Crippen LogP contribution in [0.3, 0.4) is 0 Å². The Bertz CT molecular complexity index is 898. The van der Waals surface area contributed by atoms with Crippen molar-refractivity contribution in [3.8, 4) is 5.75 Å². The molecule has 28 heavy (non-hydrogen) atoms. The Labute approximate surface area is 161 Å². The van der Waals surface area contributed by atoms with Crippen molar-refractivity contribution >= 4 is 29.2 Å². The van der Waals surface area contributed by atoms with Gasteiger partial charge in [0.05, 0.1) is 25.8 Å². The molecule has 0 saturated heterocycles. The Morgan fingerprint density at radius 3 is 2.64 bits per heavy atom. The molecule has 1 N–H and O–H groups in total. The molecule has 3 rings (SSSR count). The van der Waals surface area contributed by atoms with Gasteiger partial charge in [-0.3, -0.25) is 14.4 Å². The highest BCUT2D eigenvalue weighted by molar-refractivity contribution is 5.99. The zero-order valence-electron chi connectivity index (χ0n) is 15.2. The molecule has 146 valence electrons. The van der Waals surface area contributed by atoms with Gasteiger partial charge in [-0.05, 0) is 35.9 Å². The number of amides is 2. The summed E-state index contributed by atoms with van der Waals surface area (Å²) in [7, 11) is 1.26. The molecule has 0 aromatic heterocycles. The van der Waals surface area contributed by atoms with E-state index < -0.39 is 5.97 Å². The molecule has 0 aliphatic carbocycles. The molecule has 0 bridgehead atoms. The summed E-state index contributed by atoms with van der Waals surface area (Å²) in [4.78, 5) is 37.0. The second-order valence-electron chi connectivity index (χ2n) is 6.20. The van der Waals surface area contributed by atoms with E-state index in [-0.39, 0.29) is 43.6 Å². The molecule has 0 radical (unpaired) electrons. The molecule has 2 amide bonds. The van der Waals surface area contributed by atoms with E-state index in [0.29, 0.717) is 17.1 Å². The molecule has 7 nitrogen and oxygen atoms in total. The number of hydrogen-bond acceptors (Lipinski definition) is 5. The van der Waals surface area contributed by atoms with Crippen molar-refractivity contribution < 1.29 is 28.2 Å². The van der Waals surface area contributed by atoms with Gasteiger partial charge in [-0.25, -0.2) is 4.39 Å². The van der Waals surface area contributed by atoms with Crippen molar-refractivity contribution in [1.29, 1.82) is 0 Å². The standard InChI is InChI=1S/C20H19FN2O5/c1-27-20(26)9-8-18(24)22-15-6-7-17-16(10-15)23(19(25)12-28-17)11-13-2-4-14(21)5-3-13/h2-7,10H,8-9,11-12H2,1H3,(H,22,24). The van der Waals surface area contributed by atoms with Gasteiger partial charge in [0.1, 0.15) is 11.6 Å². The Balaban J connectivity index is 1.76. The van der Waals surface area contributed by atoms with E-state index in [9.17, 15) is 18.8 Å². The third-order valence-electron chi connectivity index (χ3n) is 4.22. The number of methoxy groups -OCH3 is 1. The highest BCUT2D eigenvalue weighted by atomic mass is 19.1. The van der Waals surface area contributed by atoms with Gasteiger partial charge in [0.2, 0.25) is 5.91 Å². The molecule has 8 heteroatoms. The van der Waals surface area contributed by atoms with Gasteiger partial charge in [-0.1, -0.05) is 12.1 Å². The predicted molar refractivity (Wildman–Crippen MR) is 99.4 cm³/mol. The van der Waals surface area contributed by atoms with E-state index in [1.807, 2.05) is 0 Å². The third kappa shape index (κ3) is 4.64. The van der Waals surface area contributed by atoms with Crippen LogP contribution in [0, 0.1) is 5.82 Å². The van der Waals surface area contributed by atoms with Gasteiger partial charge < -0.3 is 19.7 Å². The van der Waals surface area contributed by atoms with Crippen LogP contribution in [0.5, 0.6) is 5.75 Å². The average Bonchev–Trinajstić information content (AvgIpc) is 2.70. The average molecular weight is 386 g/mol. The number of anilines is 2. The fourth-order valence-electron chi connectivity index (χ4n) is 2.77. The maximum absolute atomic E-state index is 13.1. The van der Waals surface area contributed by atoms with E-state index >= 15 is 0 Å². The van der Waals surface area contributed by atoms with Gasteiger partial charge in [-0.2, -0.15) is 0 Å². The molecular weight excluding hydrogens is 367 g/mol. The summed E-state index contributed by atoms with van der Waals surface area (Å²) in [6, 6.07) is 10.8. The third-order valence-corrected chi connectivity index (χ3v) is 4.22. The number of hydrogen-bond donors (Lipinski definition) is 1. The summed E-state index contributed by atoms with van der Waals surface area (Å²) >= 11 is 0. The van der Waals surface area contributed by atoms with E-state index in [0.717, 1.165) is 5.56 Å². The van der Waals surface area contributed by atoms with Gasteiger partial charge in [0.25, 0.3) is 5.91 Å². The van der Waals surface area contributed by atoms with Crippen LogP contribution in [0.4, 0.5) is 15.8 Å². The molecule has 2 aromatic carbocycles. The van der Waals surface area contributed by atoms with Gasteiger partial charge in [0.15, 0.2) is 6.61 Å². The van der Waals surface area contributed by atoms with E-state index in [1.54, 1.807) is 30.3 Å².